The summed E-state index contributed by atoms with van der Waals surface area (Å²) < 4.78 is 45.8. The minimum absolute atomic E-state index is 0.0369. The topological polar surface area (TPSA) is 30.5 Å². The van der Waals surface area contributed by atoms with E-state index in [2.05, 4.69) is 5.32 Å². The molecule has 1 N–H and O–H groups in total. The van der Waals surface area contributed by atoms with Gasteiger partial charge in [0, 0.05) is 32.7 Å². The molecule has 0 amide bonds. The molecule has 0 aromatic heterocycles. The summed E-state index contributed by atoms with van der Waals surface area (Å²) in [6.45, 7) is 2.91. The van der Waals surface area contributed by atoms with Crippen molar-refractivity contribution in [3.8, 4) is 0 Å². The van der Waals surface area contributed by atoms with E-state index in [1.165, 1.54) is 0 Å². The van der Waals surface area contributed by atoms with Gasteiger partial charge in [-0.1, -0.05) is 0 Å². The third-order valence-corrected chi connectivity index (χ3v) is 2.57. The smallest absolute Gasteiger partial charge is 0.380 e. The van der Waals surface area contributed by atoms with E-state index in [1.54, 1.807) is 0 Å². The molecule has 1 aliphatic rings. The summed E-state index contributed by atoms with van der Waals surface area (Å²) in [5.74, 6) is 0. The second-order valence-corrected chi connectivity index (χ2v) is 4.17. The van der Waals surface area contributed by atoms with E-state index >= 15 is 0 Å². The van der Waals surface area contributed by atoms with Gasteiger partial charge in [-0.05, 0) is 19.3 Å². The summed E-state index contributed by atoms with van der Waals surface area (Å²) >= 11 is 0. The van der Waals surface area contributed by atoms with Crippen LogP contribution in [0.1, 0.15) is 25.7 Å². The molecule has 0 radical (unpaired) electrons. The van der Waals surface area contributed by atoms with Crippen LogP contribution < -0.4 is 5.32 Å². The van der Waals surface area contributed by atoms with Crippen molar-refractivity contribution in [1.29, 1.82) is 0 Å². The van der Waals surface area contributed by atoms with Crippen molar-refractivity contribution in [3.63, 3.8) is 0 Å². The fraction of sp³-hybridized carbons (Fsp3) is 1.00. The number of hydrogen-bond donors (Lipinski definition) is 1. The van der Waals surface area contributed by atoms with Crippen LogP contribution in [0.2, 0.25) is 0 Å². The fourth-order valence-corrected chi connectivity index (χ4v) is 1.69. The third kappa shape index (κ3) is 8.40. The summed E-state index contributed by atoms with van der Waals surface area (Å²) in [5.41, 5.74) is 0. The molecular formula is C11H20F3NO2. The number of nitrogens with one attached hydrogen (secondary N) is 1. The molecule has 1 unspecified atom stereocenters. The van der Waals surface area contributed by atoms with Gasteiger partial charge in [-0.25, -0.2) is 0 Å². The third-order valence-electron chi connectivity index (χ3n) is 2.57. The van der Waals surface area contributed by atoms with Crippen LogP contribution in [-0.2, 0) is 9.47 Å². The Balaban J connectivity index is 1.78. The first-order valence-corrected chi connectivity index (χ1v) is 6.05. The lowest BCUT2D eigenvalue weighted by atomic mass is 10.2. The maximum atomic E-state index is 11.8. The molecule has 1 saturated heterocycles. The molecule has 1 rings (SSSR count). The van der Waals surface area contributed by atoms with Crippen molar-refractivity contribution >= 4 is 0 Å². The highest BCUT2D eigenvalue weighted by Crippen LogP contribution is 2.20. The average molecular weight is 255 g/mol. The van der Waals surface area contributed by atoms with Gasteiger partial charge in [0.2, 0.25) is 0 Å². The van der Waals surface area contributed by atoms with Crippen LogP contribution in [-0.4, -0.2) is 45.2 Å². The first kappa shape index (κ1) is 14.7. The lowest BCUT2D eigenvalue weighted by molar-refractivity contribution is -0.137. The van der Waals surface area contributed by atoms with Crippen molar-refractivity contribution < 1.29 is 22.6 Å². The summed E-state index contributed by atoms with van der Waals surface area (Å²) in [7, 11) is 0. The summed E-state index contributed by atoms with van der Waals surface area (Å²) in [6, 6.07) is 0. The van der Waals surface area contributed by atoms with Gasteiger partial charge < -0.3 is 14.8 Å². The molecule has 1 heterocycles. The van der Waals surface area contributed by atoms with E-state index < -0.39 is 12.6 Å². The number of alkyl halides is 3. The standard InChI is InChI=1S/C11H20F3NO2/c12-11(13,14)4-2-6-16-8-5-15-9-10-3-1-7-17-10/h10,15H,1-9H2. The van der Waals surface area contributed by atoms with E-state index in [0.29, 0.717) is 19.3 Å². The molecule has 0 aliphatic carbocycles. The Kier molecular flexibility index (Phi) is 6.84. The van der Waals surface area contributed by atoms with Gasteiger partial charge in [0.1, 0.15) is 0 Å². The van der Waals surface area contributed by atoms with Gasteiger partial charge in [-0.2, -0.15) is 13.2 Å². The van der Waals surface area contributed by atoms with Gasteiger partial charge in [-0.15, -0.1) is 0 Å². The summed E-state index contributed by atoms with van der Waals surface area (Å²) in [5, 5.41) is 3.16. The lowest BCUT2D eigenvalue weighted by Gasteiger charge is -2.11. The van der Waals surface area contributed by atoms with E-state index in [4.69, 9.17) is 9.47 Å². The molecule has 0 saturated carbocycles. The van der Waals surface area contributed by atoms with Crippen molar-refractivity contribution in [3.05, 3.63) is 0 Å². The van der Waals surface area contributed by atoms with Crippen LogP contribution in [0, 0.1) is 0 Å². The minimum atomic E-state index is -4.07. The molecule has 0 aromatic rings. The maximum Gasteiger partial charge on any atom is 0.389 e. The fourth-order valence-electron chi connectivity index (χ4n) is 1.69. The molecule has 1 atom stereocenters. The average Bonchev–Trinajstić information content (AvgIpc) is 2.73. The minimum Gasteiger partial charge on any atom is -0.380 e. The van der Waals surface area contributed by atoms with E-state index in [9.17, 15) is 13.2 Å². The normalized spacial score (nSPS) is 21.0. The van der Waals surface area contributed by atoms with E-state index in [0.717, 1.165) is 26.0 Å². The largest absolute Gasteiger partial charge is 0.389 e. The Bertz CT molecular complexity index is 194. The molecule has 6 heteroatoms. The summed E-state index contributed by atoms with van der Waals surface area (Å²) in [4.78, 5) is 0. The number of rotatable bonds is 8. The first-order valence-electron chi connectivity index (χ1n) is 6.05. The van der Waals surface area contributed by atoms with Gasteiger partial charge in [0.05, 0.1) is 12.7 Å². The zero-order valence-electron chi connectivity index (χ0n) is 9.89. The lowest BCUT2D eigenvalue weighted by Crippen LogP contribution is -2.29. The number of ether oxygens (including phenoxy) is 2. The van der Waals surface area contributed by atoms with Crippen LogP contribution in [0.4, 0.5) is 13.2 Å². The molecule has 0 bridgehead atoms. The molecule has 1 fully saturated rings. The second-order valence-electron chi connectivity index (χ2n) is 4.17. The van der Waals surface area contributed by atoms with Crippen LogP contribution in [0.5, 0.6) is 0 Å². The quantitative estimate of drug-likeness (QED) is 0.674. The molecule has 3 nitrogen and oxygen atoms in total. The highest BCUT2D eigenvalue weighted by molar-refractivity contribution is 4.67. The molecule has 0 aromatic carbocycles. The molecule has 102 valence electrons. The highest BCUT2D eigenvalue weighted by atomic mass is 19.4. The van der Waals surface area contributed by atoms with Gasteiger partial charge in [0.25, 0.3) is 0 Å². The molecule has 1 aliphatic heterocycles. The maximum absolute atomic E-state index is 11.8. The second kappa shape index (κ2) is 7.89. The van der Waals surface area contributed by atoms with Gasteiger partial charge >= 0.3 is 6.18 Å². The zero-order valence-corrected chi connectivity index (χ0v) is 9.89. The predicted octanol–water partition coefficient (Wildman–Crippen LogP) is 2.11. The number of halogens is 3. The summed E-state index contributed by atoms with van der Waals surface area (Å²) in [6.07, 6.45) is -2.31. The SMILES string of the molecule is FC(F)(F)CCCOCCNCC1CCCO1. The van der Waals surface area contributed by atoms with Crippen molar-refractivity contribution in [2.24, 2.45) is 0 Å². The predicted molar refractivity (Wildman–Crippen MR) is 58.0 cm³/mol. The van der Waals surface area contributed by atoms with Crippen LogP contribution in [0.15, 0.2) is 0 Å². The number of hydrogen-bond acceptors (Lipinski definition) is 3. The Labute approximate surface area is 99.7 Å². The molecular weight excluding hydrogens is 235 g/mol. The Morgan fingerprint density at radius 3 is 2.76 bits per heavy atom. The van der Waals surface area contributed by atoms with Crippen LogP contribution in [0.25, 0.3) is 0 Å². The zero-order chi connectivity index (χ0) is 12.6. The van der Waals surface area contributed by atoms with Crippen molar-refractivity contribution in [2.45, 2.75) is 38.0 Å². The van der Waals surface area contributed by atoms with Crippen molar-refractivity contribution in [1.82, 2.24) is 5.32 Å². The van der Waals surface area contributed by atoms with E-state index in [1.807, 2.05) is 0 Å². The first-order chi connectivity index (χ1) is 8.08. The van der Waals surface area contributed by atoms with E-state index in [-0.39, 0.29) is 13.0 Å². The Morgan fingerprint density at radius 1 is 1.29 bits per heavy atom. The Hall–Kier alpha value is -0.330. The molecule has 17 heavy (non-hydrogen) atoms. The molecule has 0 spiro atoms. The van der Waals surface area contributed by atoms with Crippen LogP contribution in [0.3, 0.4) is 0 Å². The van der Waals surface area contributed by atoms with Crippen LogP contribution >= 0.6 is 0 Å². The monoisotopic (exact) mass is 255 g/mol. The van der Waals surface area contributed by atoms with Gasteiger partial charge in [-0.3, -0.25) is 0 Å². The Morgan fingerprint density at radius 2 is 2.12 bits per heavy atom. The van der Waals surface area contributed by atoms with Gasteiger partial charge in [0.15, 0.2) is 0 Å². The van der Waals surface area contributed by atoms with Crippen molar-refractivity contribution in [2.75, 3.05) is 32.9 Å². The highest BCUT2D eigenvalue weighted by Gasteiger charge is 2.25.